The number of halogens is 1. The highest BCUT2D eigenvalue weighted by Crippen LogP contribution is 2.51. The molecule has 69 heavy (non-hydrogen) atoms. The molecule has 0 spiro atoms. The van der Waals surface area contributed by atoms with Crippen molar-refractivity contribution >= 4 is 44.6 Å². The lowest BCUT2D eigenvalue weighted by Gasteiger charge is -2.27. The fourth-order valence-corrected chi connectivity index (χ4v) is 9.35. The zero-order valence-electron chi connectivity index (χ0n) is 41.6. The van der Waals surface area contributed by atoms with Crippen LogP contribution in [0, 0.1) is 0 Å². The molecular weight excluding hydrogens is 988 g/mol. The van der Waals surface area contributed by atoms with E-state index in [0.717, 1.165) is 19.4 Å². The topological polar surface area (TPSA) is 117 Å². The Labute approximate surface area is 427 Å². The van der Waals surface area contributed by atoms with Gasteiger partial charge in [0.15, 0.2) is 12.3 Å². The van der Waals surface area contributed by atoms with Gasteiger partial charge >= 0.3 is 5.97 Å². The number of carboxylic acid groups (broad SMARTS) is 1. The number of benzene rings is 4. The van der Waals surface area contributed by atoms with E-state index in [4.69, 9.17) is 37.9 Å². The van der Waals surface area contributed by atoms with Crippen molar-refractivity contribution in [2.24, 2.45) is 0 Å². The third kappa shape index (κ3) is 15.7. The van der Waals surface area contributed by atoms with Gasteiger partial charge in [-0.1, -0.05) is 93.1 Å². The highest BCUT2D eigenvalue weighted by atomic mass is 127. The first-order valence-corrected chi connectivity index (χ1v) is 24.4. The van der Waals surface area contributed by atoms with Crippen LogP contribution in [0.4, 0.5) is 11.4 Å². The number of unbranched alkanes of at least 4 members (excludes halogenated alkanes) is 2. The van der Waals surface area contributed by atoms with Crippen LogP contribution in [0.5, 0.6) is 0 Å². The van der Waals surface area contributed by atoms with E-state index in [-0.39, 0.29) is 41.2 Å². The standard InChI is InChI=1S/C56H74N2O10.HI/c1-55(2)50(57(27-15-7-10-22-52(59)60)48-25-23-44-16-11-13-18-46(44)53(48)55)20-8-6-9-21-51-56(3,4)54-47-19-14-12-17-45(47)24-26-49(54)58(51)28-29-62-32-33-64-36-37-66-40-41-68-43-42-67-39-38-65-35-34-63-31-30-61-5;/h6,8-9,11-14,16-21,23-26H,7,10,15,22,27-43H2,1-5H3;1H. The lowest BCUT2D eigenvalue weighted by atomic mass is 9.79. The largest absolute Gasteiger partial charge is 1.00 e. The molecule has 0 radical (unpaired) electrons. The second kappa shape index (κ2) is 29.3. The Kier molecular flexibility index (Phi) is 23.8. The average Bonchev–Trinajstić information content (AvgIpc) is 3.69. The van der Waals surface area contributed by atoms with Crippen LogP contribution in [0.15, 0.2) is 109 Å². The van der Waals surface area contributed by atoms with Gasteiger partial charge in [-0.2, -0.15) is 4.58 Å². The number of hydrogen-bond acceptors (Lipinski definition) is 10. The van der Waals surface area contributed by atoms with E-state index in [1.165, 1.54) is 55.5 Å². The van der Waals surface area contributed by atoms with Crippen molar-refractivity contribution in [1.82, 2.24) is 0 Å². The first-order chi connectivity index (χ1) is 33.2. The van der Waals surface area contributed by atoms with Crippen molar-refractivity contribution in [3.8, 4) is 0 Å². The van der Waals surface area contributed by atoms with Gasteiger partial charge in [0.25, 0.3) is 0 Å². The monoisotopic (exact) mass is 1060 g/mol. The summed E-state index contributed by atoms with van der Waals surface area (Å²) in [6, 6.07) is 26.2. The predicted molar refractivity (Wildman–Crippen MR) is 271 cm³/mol. The van der Waals surface area contributed by atoms with Crippen molar-refractivity contribution < 1.29 is 76.3 Å². The molecule has 0 aromatic heterocycles. The van der Waals surface area contributed by atoms with Gasteiger partial charge in [0.05, 0.1) is 97.9 Å². The molecule has 0 amide bonds. The summed E-state index contributed by atoms with van der Waals surface area (Å²) in [5.74, 6) is -0.733. The lowest BCUT2D eigenvalue weighted by molar-refractivity contribution is -0.442. The van der Waals surface area contributed by atoms with Crippen molar-refractivity contribution in [2.75, 3.05) is 124 Å². The number of fused-ring (bicyclic) bond motifs is 6. The molecule has 2 heterocycles. The Morgan fingerprint density at radius 3 is 1.64 bits per heavy atom. The molecule has 0 saturated heterocycles. The molecule has 4 aromatic carbocycles. The molecule has 2 aliphatic heterocycles. The third-order valence-electron chi connectivity index (χ3n) is 12.6. The maximum absolute atomic E-state index is 11.2. The highest BCUT2D eigenvalue weighted by Gasteiger charge is 2.45. The number of rotatable bonds is 33. The van der Waals surface area contributed by atoms with Crippen LogP contribution in [0.2, 0.25) is 0 Å². The van der Waals surface area contributed by atoms with E-state index in [0.29, 0.717) is 112 Å². The first-order valence-electron chi connectivity index (χ1n) is 24.4. The van der Waals surface area contributed by atoms with Gasteiger partial charge in [0.1, 0.15) is 6.61 Å². The Bertz CT molecular complexity index is 2340. The molecule has 2 aliphatic rings. The van der Waals surface area contributed by atoms with Crippen molar-refractivity contribution in [1.29, 1.82) is 0 Å². The van der Waals surface area contributed by atoms with Crippen LogP contribution in [-0.4, -0.2) is 141 Å². The lowest BCUT2D eigenvalue weighted by Crippen LogP contribution is -3.00. The molecule has 0 fully saturated rings. The molecule has 4 aromatic rings. The van der Waals surface area contributed by atoms with Gasteiger partial charge in [0.2, 0.25) is 5.69 Å². The zero-order chi connectivity index (χ0) is 48.0. The molecule has 0 aliphatic carbocycles. The molecule has 0 saturated carbocycles. The number of methoxy groups -OCH3 is 1. The van der Waals surface area contributed by atoms with Crippen LogP contribution in [0.25, 0.3) is 21.5 Å². The maximum Gasteiger partial charge on any atom is 0.303 e. The molecule has 0 bridgehead atoms. The van der Waals surface area contributed by atoms with E-state index in [1.54, 1.807) is 7.11 Å². The first kappa shape index (κ1) is 55.9. The average molecular weight is 1060 g/mol. The van der Waals surface area contributed by atoms with Gasteiger partial charge < -0.3 is 71.9 Å². The number of ether oxygens (including phenoxy) is 8. The minimum atomic E-state index is -0.733. The minimum Gasteiger partial charge on any atom is -1.00 e. The van der Waals surface area contributed by atoms with Gasteiger partial charge in [-0.25, -0.2) is 0 Å². The van der Waals surface area contributed by atoms with E-state index in [9.17, 15) is 9.90 Å². The van der Waals surface area contributed by atoms with E-state index < -0.39 is 5.97 Å². The summed E-state index contributed by atoms with van der Waals surface area (Å²) in [7, 11) is 1.65. The smallest absolute Gasteiger partial charge is 0.303 e. The molecule has 0 unspecified atom stereocenters. The van der Waals surface area contributed by atoms with E-state index in [1.807, 2.05) is 0 Å². The summed E-state index contributed by atoms with van der Waals surface area (Å²) >= 11 is 0. The van der Waals surface area contributed by atoms with Gasteiger partial charge in [0, 0.05) is 54.6 Å². The number of hydrogen-bond donors (Lipinski definition) is 1. The molecule has 1 N–H and O–H groups in total. The quantitative estimate of drug-likeness (QED) is 0.0242. The number of carbonyl (C=O) groups is 1. The second-order valence-corrected chi connectivity index (χ2v) is 18.1. The van der Waals surface area contributed by atoms with Crippen molar-refractivity contribution in [2.45, 2.75) is 64.2 Å². The Morgan fingerprint density at radius 1 is 0.580 bits per heavy atom. The Balaban J connectivity index is 0.00000888. The van der Waals surface area contributed by atoms with Gasteiger partial charge in [-0.3, -0.25) is 4.79 Å². The Morgan fingerprint density at radius 2 is 1.09 bits per heavy atom. The molecule has 6 rings (SSSR count). The summed E-state index contributed by atoms with van der Waals surface area (Å²) in [6.45, 7) is 18.7. The van der Waals surface area contributed by atoms with Crippen LogP contribution in [0.3, 0.4) is 0 Å². The van der Waals surface area contributed by atoms with Crippen LogP contribution >= 0.6 is 0 Å². The zero-order valence-corrected chi connectivity index (χ0v) is 43.7. The van der Waals surface area contributed by atoms with Crippen LogP contribution < -0.4 is 28.9 Å². The summed E-state index contributed by atoms with van der Waals surface area (Å²) in [6.07, 6.45) is 13.7. The fourth-order valence-electron chi connectivity index (χ4n) is 9.35. The number of allylic oxidation sites excluding steroid dienone is 6. The molecule has 12 nitrogen and oxygen atoms in total. The van der Waals surface area contributed by atoms with Crippen LogP contribution in [-0.2, 0) is 53.5 Å². The predicted octanol–water partition coefficient (Wildman–Crippen LogP) is 6.57. The molecule has 13 heteroatoms. The third-order valence-corrected chi connectivity index (χ3v) is 12.6. The summed E-state index contributed by atoms with van der Waals surface area (Å²) in [5.41, 5.74) is 7.11. The number of nitrogens with zero attached hydrogens (tertiary/aromatic N) is 2. The number of carboxylic acids is 1. The van der Waals surface area contributed by atoms with Crippen molar-refractivity contribution in [3.05, 3.63) is 120 Å². The minimum absolute atomic E-state index is 0. The fraction of sp³-hybridized carbons (Fsp3) is 0.500. The highest BCUT2D eigenvalue weighted by molar-refractivity contribution is 6.07. The number of aliphatic carboxylic acids is 1. The number of anilines is 1. The summed E-state index contributed by atoms with van der Waals surface area (Å²) < 4.78 is 46.9. The molecular formula is C56H75IN2O10. The molecule has 376 valence electrons. The SMILES string of the molecule is COCCOCCOCCOCCOCCOCCOCCOCC[N+]1=C(/C=C/C=C/C=C2/N(CCCCCC(=O)O)c3ccc4ccccc4c3C2(C)C)C(C)(C)c2c1ccc1ccccc21.[I-]. The van der Waals surface area contributed by atoms with Crippen LogP contribution in [0.1, 0.15) is 64.5 Å². The van der Waals surface area contributed by atoms with E-state index >= 15 is 0 Å². The summed E-state index contributed by atoms with van der Waals surface area (Å²) in [4.78, 5) is 13.6. The Hall–Kier alpha value is -4.03. The van der Waals surface area contributed by atoms with Gasteiger partial charge in [-0.15, -0.1) is 0 Å². The molecule has 0 atom stereocenters. The summed E-state index contributed by atoms with van der Waals surface area (Å²) in [5, 5.41) is 14.2. The van der Waals surface area contributed by atoms with Gasteiger partial charge in [-0.05, 0) is 72.0 Å². The van der Waals surface area contributed by atoms with Crippen molar-refractivity contribution in [3.63, 3.8) is 0 Å². The van der Waals surface area contributed by atoms with E-state index in [2.05, 4.69) is 140 Å². The second-order valence-electron chi connectivity index (χ2n) is 18.1. The maximum atomic E-state index is 11.2. The normalized spacial score (nSPS) is 15.6.